The quantitative estimate of drug-likeness (QED) is 0.385. The topological polar surface area (TPSA) is 70.3 Å². The van der Waals surface area contributed by atoms with Gasteiger partial charge in [0.2, 0.25) is 5.82 Å². The van der Waals surface area contributed by atoms with Crippen LogP contribution in [0.25, 0.3) is 0 Å². The summed E-state index contributed by atoms with van der Waals surface area (Å²) in [6, 6.07) is 0. The van der Waals surface area contributed by atoms with E-state index in [1.54, 1.807) is 6.92 Å². The summed E-state index contributed by atoms with van der Waals surface area (Å²) in [7, 11) is 0. The number of carbonyl (C=O) groups excluding carboxylic acids is 1. The first-order valence-electron chi connectivity index (χ1n) is 10.7. The van der Waals surface area contributed by atoms with Crippen LogP contribution < -0.4 is 11.2 Å². The number of ether oxygens (including phenoxy) is 1. The first-order chi connectivity index (χ1) is 13.5. The van der Waals surface area contributed by atoms with Gasteiger partial charge in [0, 0.05) is 13.1 Å². The van der Waals surface area contributed by atoms with E-state index in [1.807, 2.05) is 20.8 Å². The van der Waals surface area contributed by atoms with Crippen molar-refractivity contribution in [3.63, 3.8) is 0 Å². The maximum absolute atomic E-state index is 13.6. The number of rotatable bonds is 12. The number of hydrogen-bond acceptors (Lipinski definition) is 4. The van der Waals surface area contributed by atoms with Crippen LogP contribution in [0.4, 0.5) is 4.39 Å². The van der Waals surface area contributed by atoms with Crippen molar-refractivity contribution >= 4 is 5.97 Å². The summed E-state index contributed by atoms with van der Waals surface area (Å²) in [6.07, 6.45) is 4.63. The molecule has 1 aromatic heterocycles. The largest absolute Gasteiger partial charge is 0.465 e. The van der Waals surface area contributed by atoms with Gasteiger partial charge in [0.15, 0.2) is 0 Å². The molecule has 0 aliphatic rings. The van der Waals surface area contributed by atoms with Crippen molar-refractivity contribution in [2.45, 2.75) is 86.7 Å². The van der Waals surface area contributed by atoms with Gasteiger partial charge in [-0.05, 0) is 51.4 Å². The second kappa shape index (κ2) is 11.3. The Morgan fingerprint density at radius 1 is 1.14 bits per heavy atom. The summed E-state index contributed by atoms with van der Waals surface area (Å²) in [4.78, 5) is 36.5. The maximum atomic E-state index is 13.6. The number of unbranched alkanes of at least 4 members (excludes halogenated alkanes) is 3. The predicted molar refractivity (Wildman–Crippen MR) is 112 cm³/mol. The highest BCUT2D eigenvalue weighted by atomic mass is 19.1. The summed E-state index contributed by atoms with van der Waals surface area (Å²) in [6.45, 7) is 12.9. The van der Waals surface area contributed by atoms with Gasteiger partial charge in [-0.1, -0.05) is 34.1 Å². The summed E-state index contributed by atoms with van der Waals surface area (Å²) in [5, 5.41) is 0. The number of halogens is 1. The number of nitrogens with zero attached hydrogens (tertiary/aromatic N) is 2. The minimum absolute atomic E-state index is 0.146. The van der Waals surface area contributed by atoms with Crippen molar-refractivity contribution in [1.82, 2.24) is 9.13 Å². The van der Waals surface area contributed by atoms with Gasteiger partial charge in [0.05, 0.1) is 18.2 Å². The van der Waals surface area contributed by atoms with Gasteiger partial charge in [-0.15, -0.1) is 0 Å². The van der Waals surface area contributed by atoms with Gasteiger partial charge in [0.25, 0.3) is 5.56 Å². The Morgan fingerprint density at radius 3 is 2.31 bits per heavy atom. The molecule has 1 unspecified atom stereocenters. The molecule has 0 saturated heterocycles. The zero-order valence-electron chi connectivity index (χ0n) is 18.8. The van der Waals surface area contributed by atoms with Gasteiger partial charge in [-0.2, -0.15) is 4.39 Å². The third-order valence-corrected chi connectivity index (χ3v) is 5.62. The molecule has 0 amide bonds. The van der Waals surface area contributed by atoms with E-state index < -0.39 is 22.5 Å². The maximum Gasteiger partial charge on any atom is 0.331 e. The van der Waals surface area contributed by atoms with Crippen molar-refractivity contribution < 1.29 is 13.9 Å². The van der Waals surface area contributed by atoms with Crippen molar-refractivity contribution in [2.24, 2.45) is 17.3 Å². The summed E-state index contributed by atoms with van der Waals surface area (Å²) in [5.41, 5.74) is -1.83. The molecule has 7 heteroatoms. The van der Waals surface area contributed by atoms with Crippen LogP contribution in [0.15, 0.2) is 15.8 Å². The Kier molecular flexibility index (Phi) is 9.80. The zero-order valence-corrected chi connectivity index (χ0v) is 18.8. The van der Waals surface area contributed by atoms with Crippen molar-refractivity contribution in [3.05, 3.63) is 32.9 Å². The first-order valence-corrected chi connectivity index (χ1v) is 10.7. The molecule has 1 rings (SSSR count). The van der Waals surface area contributed by atoms with Crippen LogP contribution in [-0.2, 0) is 22.6 Å². The Balaban J connectivity index is 2.44. The molecule has 0 spiro atoms. The molecule has 1 aromatic rings. The Labute approximate surface area is 173 Å². The molecule has 0 saturated carbocycles. The van der Waals surface area contributed by atoms with E-state index >= 15 is 0 Å². The highest BCUT2D eigenvalue weighted by Crippen LogP contribution is 2.35. The van der Waals surface area contributed by atoms with Gasteiger partial charge in [-0.25, -0.2) is 4.79 Å². The molecule has 0 fully saturated rings. The second-order valence-corrected chi connectivity index (χ2v) is 8.72. The molecular weight excluding hydrogens is 375 g/mol. The Hall–Kier alpha value is -1.92. The van der Waals surface area contributed by atoms with Crippen LogP contribution in [0.1, 0.15) is 73.6 Å². The lowest BCUT2D eigenvalue weighted by Crippen LogP contribution is -2.41. The highest BCUT2D eigenvalue weighted by Gasteiger charge is 2.38. The number of esters is 1. The summed E-state index contributed by atoms with van der Waals surface area (Å²) >= 11 is 0. The monoisotopic (exact) mass is 412 g/mol. The SMILES string of the molecule is CCn1cc(F)c(=O)n(CCCCCCOC(=O)C(C)(CC(C)C)C(C)C)c1=O. The van der Waals surface area contributed by atoms with Crippen LogP contribution in [0.3, 0.4) is 0 Å². The molecule has 1 heterocycles. The minimum atomic E-state index is -0.909. The lowest BCUT2D eigenvalue weighted by Gasteiger charge is -2.32. The van der Waals surface area contributed by atoms with Crippen LogP contribution in [0, 0.1) is 23.1 Å². The average Bonchev–Trinajstić information content (AvgIpc) is 2.65. The lowest BCUT2D eigenvalue weighted by atomic mass is 9.73. The molecule has 0 aliphatic carbocycles. The van der Waals surface area contributed by atoms with Gasteiger partial charge in [-0.3, -0.25) is 18.7 Å². The fourth-order valence-electron chi connectivity index (χ4n) is 3.50. The summed E-state index contributed by atoms with van der Waals surface area (Å²) in [5.74, 6) is -0.437. The van der Waals surface area contributed by atoms with Crippen molar-refractivity contribution in [2.75, 3.05) is 6.61 Å². The Morgan fingerprint density at radius 2 is 1.76 bits per heavy atom. The smallest absolute Gasteiger partial charge is 0.331 e. The molecular formula is C22H37FN2O4. The standard InChI is InChI=1S/C22H37FN2O4/c1-7-24-15-18(23)19(26)25(21(24)28)12-10-8-9-11-13-29-20(27)22(6,17(4)5)14-16(2)3/h15-17H,7-14H2,1-6H3. The molecule has 0 aromatic carbocycles. The number of hydrogen-bond donors (Lipinski definition) is 0. The van der Waals surface area contributed by atoms with E-state index in [0.29, 0.717) is 25.5 Å². The Bertz CT molecular complexity index is 782. The van der Waals surface area contributed by atoms with Gasteiger partial charge < -0.3 is 4.74 Å². The lowest BCUT2D eigenvalue weighted by molar-refractivity contribution is -0.159. The van der Waals surface area contributed by atoms with E-state index in [4.69, 9.17) is 4.74 Å². The fourth-order valence-corrected chi connectivity index (χ4v) is 3.50. The van der Waals surface area contributed by atoms with E-state index in [0.717, 1.165) is 36.4 Å². The fraction of sp³-hybridized carbons (Fsp3) is 0.773. The normalized spacial score (nSPS) is 13.7. The van der Waals surface area contributed by atoms with Crippen LogP contribution in [0.5, 0.6) is 0 Å². The highest BCUT2D eigenvalue weighted by molar-refractivity contribution is 5.76. The van der Waals surface area contributed by atoms with E-state index in [2.05, 4.69) is 13.8 Å². The third-order valence-electron chi connectivity index (χ3n) is 5.62. The molecule has 0 radical (unpaired) electrons. The average molecular weight is 413 g/mol. The van der Waals surface area contributed by atoms with Gasteiger partial charge >= 0.3 is 11.7 Å². The van der Waals surface area contributed by atoms with Crippen molar-refractivity contribution in [3.8, 4) is 0 Å². The number of aryl methyl sites for hydroxylation is 1. The van der Waals surface area contributed by atoms with Gasteiger partial charge in [0.1, 0.15) is 0 Å². The zero-order chi connectivity index (χ0) is 22.2. The predicted octanol–water partition coefficient (Wildman–Crippen LogP) is 3.98. The van der Waals surface area contributed by atoms with Crippen molar-refractivity contribution in [1.29, 1.82) is 0 Å². The molecule has 0 aliphatic heterocycles. The number of carbonyl (C=O) groups is 1. The first kappa shape index (κ1) is 25.1. The molecule has 166 valence electrons. The second-order valence-electron chi connectivity index (χ2n) is 8.72. The molecule has 6 nitrogen and oxygen atoms in total. The molecule has 0 N–H and O–H groups in total. The molecule has 29 heavy (non-hydrogen) atoms. The van der Waals surface area contributed by atoms with E-state index in [9.17, 15) is 18.8 Å². The molecule has 0 bridgehead atoms. The van der Waals surface area contributed by atoms with E-state index in [1.165, 1.54) is 4.57 Å². The van der Waals surface area contributed by atoms with E-state index in [-0.39, 0.29) is 18.4 Å². The number of aromatic nitrogens is 2. The molecule has 1 atom stereocenters. The van der Waals surface area contributed by atoms with Crippen LogP contribution >= 0.6 is 0 Å². The minimum Gasteiger partial charge on any atom is -0.465 e. The van der Waals surface area contributed by atoms with Crippen LogP contribution in [0.2, 0.25) is 0 Å². The summed E-state index contributed by atoms with van der Waals surface area (Å²) < 4.78 is 21.3. The van der Waals surface area contributed by atoms with Crippen LogP contribution in [-0.4, -0.2) is 21.7 Å². The third kappa shape index (κ3) is 6.82.